The molecule has 3 nitrogen and oxygen atoms in total. The van der Waals surface area contributed by atoms with Crippen LogP contribution in [0.5, 0.6) is 0 Å². The van der Waals surface area contributed by atoms with Crippen LogP contribution in [0.25, 0.3) is 11.0 Å². The summed E-state index contributed by atoms with van der Waals surface area (Å²) in [5, 5.41) is 0.661. The number of fused-ring (bicyclic) bond motifs is 1. The minimum absolute atomic E-state index is 0.373. The first-order valence-corrected chi connectivity index (χ1v) is 7.29. The molecule has 3 aromatic rings. The Balaban J connectivity index is 1.96. The molecule has 0 unspecified atom stereocenters. The van der Waals surface area contributed by atoms with Gasteiger partial charge >= 0.3 is 0 Å². The molecule has 2 aromatic heterocycles. The van der Waals surface area contributed by atoms with Crippen LogP contribution in [-0.4, -0.2) is 14.5 Å². The highest BCUT2D eigenvalue weighted by Gasteiger charge is 2.11. The number of hydrogen-bond donors (Lipinski definition) is 0. The van der Waals surface area contributed by atoms with E-state index in [0.717, 1.165) is 29.8 Å². The van der Waals surface area contributed by atoms with Crippen molar-refractivity contribution in [2.45, 2.75) is 18.8 Å². The lowest BCUT2D eigenvalue weighted by Gasteiger charge is -2.07. The van der Waals surface area contributed by atoms with Crippen molar-refractivity contribution in [3.05, 3.63) is 59.1 Å². The third-order valence-corrected chi connectivity index (χ3v) is 3.82. The predicted octanol–water partition coefficient (Wildman–Crippen LogP) is 4.07. The van der Waals surface area contributed by atoms with Gasteiger partial charge in [-0.3, -0.25) is 4.98 Å². The van der Waals surface area contributed by atoms with E-state index >= 15 is 0 Å². The number of imidazole rings is 1. The van der Waals surface area contributed by atoms with Gasteiger partial charge in [0.2, 0.25) is 0 Å². The Labute approximate surface area is 127 Å². The molecule has 3 rings (SSSR count). The molecule has 0 aliphatic rings. The van der Waals surface area contributed by atoms with Gasteiger partial charge in [-0.15, -0.1) is 11.6 Å². The number of pyridine rings is 1. The lowest BCUT2D eigenvalue weighted by Crippen LogP contribution is -2.05. The molecular formula is C15H13Cl2N3. The molecule has 0 N–H and O–H groups in total. The van der Waals surface area contributed by atoms with Gasteiger partial charge < -0.3 is 4.57 Å². The molecule has 0 amide bonds. The van der Waals surface area contributed by atoms with Gasteiger partial charge in [0.05, 0.1) is 16.4 Å². The molecule has 0 bridgehead atoms. The fraction of sp³-hybridized carbons (Fsp3) is 0.200. The maximum absolute atomic E-state index is 6.19. The van der Waals surface area contributed by atoms with Crippen molar-refractivity contribution in [1.82, 2.24) is 14.5 Å². The molecule has 0 saturated carbocycles. The number of nitrogens with zero attached hydrogens (tertiary/aromatic N) is 3. The van der Waals surface area contributed by atoms with Crippen molar-refractivity contribution in [3.8, 4) is 0 Å². The fourth-order valence-corrected chi connectivity index (χ4v) is 2.72. The Kier molecular flexibility index (Phi) is 3.90. The Morgan fingerprint density at radius 1 is 1.15 bits per heavy atom. The summed E-state index contributed by atoms with van der Waals surface area (Å²) in [5.74, 6) is 1.22. The van der Waals surface area contributed by atoms with Crippen LogP contribution >= 0.6 is 23.2 Å². The van der Waals surface area contributed by atoms with Gasteiger partial charge in [-0.2, -0.15) is 0 Å². The van der Waals surface area contributed by atoms with E-state index in [1.54, 1.807) is 6.20 Å². The summed E-state index contributed by atoms with van der Waals surface area (Å²) in [6.45, 7) is 0.810. The highest BCUT2D eigenvalue weighted by Crippen LogP contribution is 2.25. The monoisotopic (exact) mass is 305 g/mol. The Morgan fingerprint density at radius 3 is 2.80 bits per heavy atom. The highest BCUT2D eigenvalue weighted by molar-refractivity contribution is 6.35. The van der Waals surface area contributed by atoms with Crippen molar-refractivity contribution in [2.75, 3.05) is 0 Å². The molecule has 20 heavy (non-hydrogen) atoms. The van der Waals surface area contributed by atoms with Crippen molar-refractivity contribution in [2.24, 2.45) is 0 Å². The molecule has 0 atom stereocenters. The first kappa shape index (κ1) is 13.4. The van der Waals surface area contributed by atoms with E-state index in [4.69, 9.17) is 23.2 Å². The Hall–Kier alpha value is -1.58. The third-order valence-electron chi connectivity index (χ3n) is 3.28. The summed E-state index contributed by atoms with van der Waals surface area (Å²) in [5.41, 5.74) is 3.03. The van der Waals surface area contributed by atoms with Crippen molar-refractivity contribution >= 4 is 34.2 Å². The smallest absolute Gasteiger partial charge is 0.124 e. The van der Waals surface area contributed by atoms with E-state index in [1.165, 1.54) is 5.56 Å². The normalized spacial score (nSPS) is 11.1. The van der Waals surface area contributed by atoms with Gasteiger partial charge in [-0.25, -0.2) is 4.98 Å². The summed E-state index contributed by atoms with van der Waals surface area (Å²) < 4.78 is 2.13. The largest absolute Gasteiger partial charge is 0.327 e. The molecule has 0 saturated heterocycles. The molecule has 0 spiro atoms. The van der Waals surface area contributed by atoms with Crippen LogP contribution < -0.4 is 0 Å². The number of aromatic nitrogens is 3. The van der Waals surface area contributed by atoms with Crippen LogP contribution in [0.1, 0.15) is 11.4 Å². The molecule has 0 radical (unpaired) electrons. The van der Waals surface area contributed by atoms with Gasteiger partial charge in [0, 0.05) is 18.9 Å². The molecule has 0 aliphatic heterocycles. The van der Waals surface area contributed by atoms with Gasteiger partial charge in [0.15, 0.2) is 0 Å². The van der Waals surface area contributed by atoms with Crippen molar-refractivity contribution in [1.29, 1.82) is 0 Å². The van der Waals surface area contributed by atoms with Gasteiger partial charge in [-0.05, 0) is 30.2 Å². The first-order valence-electron chi connectivity index (χ1n) is 6.38. The second kappa shape index (κ2) is 5.81. The van der Waals surface area contributed by atoms with Crippen LogP contribution in [-0.2, 0) is 18.8 Å². The number of halogens is 2. The summed E-state index contributed by atoms with van der Waals surface area (Å²) in [4.78, 5) is 8.66. The summed E-state index contributed by atoms with van der Waals surface area (Å²) in [6.07, 6.45) is 4.54. The van der Waals surface area contributed by atoms with Gasteiger partial charge in [-0.1, -0.05) is 23.7 Å². The van der Waals surface area contributed by atoms with Gasteiger partial charge in [0.1, 0.15) is 11.3 Å². The number of hydrogen-bond acceptors (Lipinski definition) is 2. The highest BCUT2D eigenvalue weighted by atomic mass is 35.5. The van der Waals surface area contributed by atoms with Crippen molar-refractivity contribution in [3.63, 3.8) is 0 Å². The second-order valence-corrected chi connectivity index (χ2v) is 5.21. The number of para-hydroxylation sites is 1. The molecule has 1 aromatic carbocycles. The van der Waals surface area contributed by atoms with Crippen LogP contribution in [0, 0.1) is 0 Å². The van der Waals surface area contributed by atoms with Crippen LogP contribution in [0.3, 0.4) is 0 Å². The zero-order chi connectivity index (χ0) is 13.9. The molecule has 102 valence electrons. The average Bonchev–Trinajstić information content (AvgIpc) is 2.85. The minimum atomic E-state index is 0.373. The number of alkyl halides is 1. The van der Waals surface area contributed by atoms with E-state index in [-0.39, 0.29) is 0 Å². The lowest BCUT2D eigenvalue weighted by atomic mass is 10.2. The van der Waals surface area contributed by atoms with E-state index in [1.807, 2.05) is 30.5 Å². The fourth-order valence-electron chi connectivity index (χ4n) is 2.30. The topological polar surface area (TPSA) is 30.7 Å². The quantitative estimate of drug-likeness (QED) is 0.680. The van der Waals surface area contributed by atoms with Gasteiger partial charge in [0.25, 0.3) is 0 Å². The molecule has 0 fully saturated rings. The summed E-state index contributed by atoms with van der Waals surface area (Å²) >= 11 is 12.2. The van der Waals surface area contributed by atoms with E-state index in [0.29, 0.717) is 10.9 Å². The zero-order valence-electron chi connectivity index (χ0n) is 10.8. The summed E-state index contributed by atoms with van der Waals surface area (Å²) in [7, 11) is 0. The third kappa shape index (κ3) is 2.51. The van der Waals surface area contributed by atoms with Crippen LogP contribution in [0.4, 0.5) is 0 Å². The Morgan fingerprint density at radius 2 is 2.05 bits per heavy atom. The molecule has 2 heterocycles. The first-order chi connectivity index (χ1) is 9.79. The average molecular weight is 306 g/mol. The number of rotatable bonds is 4. The maximum atomic E-state index is 6.19. The predicted molar refractivity (Wildman–Crippen MR) is 82.2 cm³/mol. The Bertz CT molecular complexity index is 723. The van der Waals surface area contributed by atoms with Crippen molar-refractivity contribution < 1.29 is 0 Å². The SMILES string of the molecule is ClCc1nc2c(Cl)cccc2n1CCc1cccnc1. The standard InChI is InChI=1S/C15H13Cl2N3/c16-9-14-19-15-12(17)4-1-5-13(15)20(14)8-6-11-3-2-7-18-10-11/h1-5,7,10H,6,8-9H2. The number of aryl methyl sites for hydroxylation is 2. The minimum Gasteiger partial charge on any atom is -0.327 e. The molecular weight excluding hydrogens is 293 g/mol. The van der Waals surface area contributed by atoms with E-state index in [9.17, 15) is 0 Å². The van der Waals surface area contributed by atoms with E-state index in [2.05, 4.69) is 20.6 Å². The van der Waals surface area contributed by atoms with E-state index < -0.39 is 0 Å². The number of benzene rings is 1. The van der Waals surface area contributed by atoms with Crippen LogP contribution in [0.2, 0.25) is 5.02 Å². The summed E-state index contributed by atoms with van der Waals surface area (Å²) in [6, 6.07) is 9.82. The van der Waals surface area contributed by atoms with Crippen LogP contribution in [0.15, 0.2) is 42.7 Å². The second-order valence-electron chi connectivity index (χ2n) is 4.53. The maximum Gasteiger partial charge on any atom is 0.124 e. The lowest BCUT2D eigenvalue weighted by molar-refractivity contribution is 0.686. The molecule has 5 heteroatoms. The molecule has 0 aliphatic carbocycles. The zero-order valence-corrected chi connectivity index (χ0v) is 12.3.